The molecule has 3 amide bonds. The fourth-order valence-electron chi connectivity index (χ4n) is 8.55. The predicted octanol–water partition coefficient (Wildman–Crippen LogP) is 6.79. The van der Waals surface area contributed by atoms with Crippen LogP contribution in [0.2, 0.25) is 0 Å². The summed E-state index contributed by atoms with van der Waals surface area (Å²) in [5.74, 6) is 1.39. The fraction of sp³-hybridized carbons (Fsp3) is 0.488. The smallest absolute Gasteiger partial charge is 0.407 e. The van der Waals surface area contributed by atoms with E-state index in [-0.39, 0.29) is 47.4 Å². The average molecular weight is 801 g/mol. The predicted molar refractivity (Wildman–Crippen MR) is 208 cm³/mol. The summed E-state index contributed by atoms with van der Waals surface area (Å²) in [5, 5.41) is 5.65. The number of benzene rings is 2. The zero-order chi connectivity index (χ0) is 40.9. The number of halogens is 1. The van der Waals surface area contributed by atoms with Crippen molar-refractivity contribution in [1.29, 1.82) is 0 Å². The molecule has 8 rings (SSSR count). The van der Waals surface area contributed by atoms with Crippen molar-refractivity contribution in [3.63, 3.8) is 0 Å². The zero-order valence-corrected chi connectivity index (χ0v) is 33.4. The first kappa shape index (κ1) is 39.2. The lowest BCUT2D eigenvalue weighted by Gasteiger charge is -2.37. The van der Waals surface area contributed by atoms with Gasteiger partial charge in [-0.3, -0.25) is 9.69 Å². The highest BCUT2D eigenvalue weighted by molar-refractivity contribution is 5.86. The van der Waals surface area contributed by atoms with Crippen LogP contribution in [0.5, 0.6) is 23.0 Å². The highest BCUT2D eigenvalue weighted by Crippen LogP contribution is 2.50. The minimum atomic E-state index is -0.759. The average Bonchev–Trinajstić information content (AvgIpc) is 3.77. The first-order valence-corrected chi connectivity index (χ1v) is 19.7. The number of likely N-dealkylation sites (tertiary alicyclic amines) is 2. The molecule has 0 bridgehead atoms. The van der Waals surface area contributed by atoms with E-state index < -0.39 is 29.8 Å². The molecule has 4 N–H and O–H groups in total. The minimum Gasteiger partial charge on any atom is -0.453 e. The molecule has 3 saturated heterocycles. The Kier molecular flexibility index (Phi) is 10.5. The summed E-state index contributed by atoms with van der Waals surface area (Å²) in [5.41, 5.74) is 1.92. The van der Waals surface area contributed by atoms with E-state index in [4.69, 9.17) is 28.7 Å². The van der Waals surface area contributed by atoms with Crippen molar-refractivity contribution in [2.24, 2.45) is 11.8 Å². The van der Waals surface area contributed by atoms with Crippen LogP contribution in [0, 0.1) is 17.7 Å². The molecular formula is C41H49FN8O8. The van der Waals surface area contributed by atoms with Gasteiger partial charge >= 0.3 is 12.2 Å². The van der Waals surface area contributed by atoms with Gasteiger partial charge in [0, 0.05) is 24.2 Å². The molecule has 2 aromatic carbocycles. The summed E-state index contributed by atoms with van der Waals surface area (Å²) in [7, 11) is 2.61. The fourth-order valence-corrected chi connectivity index (χ4v) is 8.55. The molecule has 4 aliphatic rings. The normalized spacial score (nSPS) is 22.1. The molecule has 5 atom stereocenters. The monoisotopic (exact) mass is 800 g/mol. The number of nitrogens with zero attached hydrogens (tertiary/aromatic N) is 4. The SMILES string of the molecule is COC(=O)N[C@H](C(=O)N1CCCC1c1ncc(-c2cc(F)c3c(c2)Oc2ccc(-c4cnc([C@@H]5CCCN5C5([C@@H](NC(=O)OC)C(C)C)CO5)[nH]4)cc2O3)[nH]1)C(C)C. The van der Waals surface area contributed by atoms with Crippen LogP contribution in [0.1, 0.15) is 77.1 Å². The van der Waals surface area contributed by atoms with E-state index in [2.05, 4.69) is 44.3 Å². The van der Waals surface area contributed by atoms with E-state index in [0.717, 1.165) is 42.9 Å². The number of nitrogens with one attached hydrogen (secondary N) is 4. The lowest BCUT2D eigenvalue weighted by atomic mass is 9.95. The van der Waals surface area contributed by atoms with Crippen LogP contribution in [-0.2, 0) is 19.0 Å². The molecule has 0 spiro atoms. The summed E-state index contributed by atoms with van der Waals surface area (Å²) in [6.45, 7) is 9.62. The number of carbonyl (C=O) groups is 3. The third-order valence-corrected chi connectivity index (χ3v) is 11.5. The van der Waals surface area contributed by atoms with E-state index in [9.17, 15) is 14.4 Å². The lowest BCUT2D eigenvalue weighted by molar-refractivity contribution is -0.135. The largest absolute Gasteiger partial charge is 0.453 e. The van der Waals surface area contributed by atoms with Gasteiger partial charge in [0.15, 0.2) is 28.8 Å². The quantitative estimate of drug-likeness (QED) is 0.103. The van der Waals surface area contributed by atoms with Gasteiger partial charge in [-0.1, -0.05) is 27.7 Å². The number of hydrogen-bond donors (Lipinski definition) is 4. The van der Waals surface area contributed by atoms with Gasteiger partial charge in [0.25, 0.3) is 0 Å². The lowest BCUT2D eigenvalue weighted by Crippen LogP contribution is -2.57. The Balaban J connectivity index is 0.973. The van der Waals surface area contributed by atoms with Crippen LogP contribution in [-0.4, -0.2) is 99.6 Å². The van der Waals surface area contributed by atoms with Gasteiger partial charge < -0.3 is 49.2 Å². The number of hydrogen-bond acceptors (Lipinski definition) is 11. The number of aromatic nitrogens is 4. The Morgan fingerprint density at radius 3 is 2.14 bits per heavy atom. The second-order valence-corrected chi connectivity index (χ2v) is 15.9. The van der Waals surface area contributed by atoms with Crippen LogP contribution < -0.4 is 20.1 Å². The van der Waals surface area contributed by atoms with E-state index >= 15 is 4.39 Å². The van der Waals surface area contributed by atoms with Crippen molar-refractivity contribution < 1.29 is 42.5 Å². The number of fused-ring (bicyclic) bond motifs is 2. The van der Waals surface area contributed by atoms with Gasteiger partial charge in [-0.25, -0.2) is 23.9 Å². The van der Waals surface area contributed by atoms with Crippen molar-refractivity contribution in [1.82, 2.24) is 40.4 Å². The highest BCUT2D eigenvalue weighted by atomic mass is 19.1. The van der Waals surface area contributed by atoms with Gasteiger partial charge in [0.1, 0.15) is 17.7 Å². The molecule has 17 heteroatoms. The van der Waals surface area contributed by atoms with E-state index in [1.807, 2.05) is 19.9 Å². The van der Waals surface area contributed by atoms with Crippen molar-refractivity contribution in [2.75, 3.05) is 33.9 Å². The molecule has 16 nitrogen and oxygen atoms in total. The Morgan fingerprint density at radius 1 is 0.828 bits per heavy atom. The number of amides is 3. The van der Waals surface area contributed by atoms with Crippen molar-refractivity contribution in [3.05, 3.63) is 60.2 Å². The number of alkyl carbamates (subject to hydrolysis) is 2. The first-order valence-electron chi connectivity index (χ1n) is 19.7. The van der Waals surface area contributed by atoms with Gasteiger partial charge in [-0.05, 0) is 67.9 Å². The van der Waals surface area contributed by atoms with Crippen LogP contribution in [0.25, 0.3) is 22.5 Å². The zero-order valence-electron chi connectivity index (χ0n) is 33.4. The molecule has 0 radical (unpaired) electrons. The third-order valence-electron chi connectivity index (χ3n) is 11.5. The van der Waals surface area contributed by atoms with Crippen molar-refractivity contribution in [3.8, 4) is 45.5 Å². The Bertz CT molecular complexity index is 2200. The number of methoxy groups -OCH3 is 2. The summed E-state index contributed by atoms with van der Waals surface area (Å²) in [6, 6.07) is 7.07. The number of carbonyl (C=O) groups excluding carboxylic acids is 3. The van der Waals surface area contributed by atoms with Gasteiger partial charge in [-0.15, -0.1) is 0 Å². The van der Waals surface area contributed by atoms with Crippen molar-refractivity contribution in [2.45, 2.75) is 83.3 Å². The molecule has 3 fully saturated rings. The number of aromatic amines is 2. The Morgan fingerprint density at radius 2 is 1.47 bits per heavy atom. The third kappa shape index (κ3) is 7.21. The van der Waals surface area contributed by atoms with Gasteiger partial charge in [0.2, 0.25) is 11.7 Å². The van der Waals surface area contributed by atoms with Crippen LogP contribution in [0.4, 0.5) is 14.0 Å². The molecular weight excluding hydrogens is 751 g/mol. The molecule has 0 aliphatic carbocycles. The van der Waals surface area contributed by atoms with Crippen molar-refractivity contribution >= 4 is 18.1 Å². The Labute approximate surface area is 335 Å². The summed E-state index contributed by atoms with van der Waals surface area (Å²) < 4.78 is 43.9. The number of imidazole rings is 2. The maximum Gasteiger partial charge on any atom is 0.407 e. The topological polar surface area (TPSA) is 189 Å². The second kappa shape index (κ2) is 15.6. The standard InChI is InChI=1S/C41H49FN8O8/c1-21(2)33(47-39(52)54-5)38(51)49-13-7-9-28(49)36-43-19-27(46-36)24-15-25(42)34-32(17-24)57-30-12-11-23(16-31(30)58-34)26-18-44-37(45-26)29-10-8-14-50(29)41(20-56-41)35(22(3)4)48-40(53)55-6/h11-12,15-19,21-22,28-29,33,35H,7-10,13-14,20H2,1-6H3,(H,43,46)(H,44,45)(H,47,52)(H,48,53)/t28?,29-,33-,35-,41?/m0/s1. The highest BCUT2D eigenvalue weighted by Gasteiger charge is 2.61. The Hall–Kier alpha value is -5.68. The van der Waals surface area contributed by atoms with E-state index in [0.29, 0.717) is 48.2 Å². The molecule has 4 aromatic rings. The molecule has 58 heavy (non-hydrogen) atoms. The summed E-state index contributed by atoms with van der Waals surface area (Å²) in [6.07, 6.45) is 5.48. The second-order valence-electron chi connectivity index (χ2n) is 15.9. The summed E-state index contributed by atoms with van der Waals surface area (Å²) in [4.78, 5) is 57.9. The number of H-pyrrole nitrogens is 2. The maximum atomic E-state index is 15.8. The first-order chi connectivity index (χ1) is 27.9. The van der Waals surface area contributed by atoms with Gasteiger partial charge in [0.05, 0.1) is 62.7 Å². The molecule has 4 aliphatic heterocycles. The molecule has 2 unspecified atom stereocenters. The summed E-state index contributed by atoms with van der Waals surface area (Å²) >= 11 is 0. The van der Waals surface area contributed by atoms with E-state index in [1.54, 1.807) is 35.5 Å². The van der Waals surface area contributed by atoms with Gasteiger partial charge in [-0.2, -0.15) is 0 Å². The maximum absolute atomic E-state index is 15.8. The number of ether oxygens (including phenoxy) is 5. The van der Waals surface area contributed by atoms with Crippen LogP contribution >= 0.6 is 0 Å². The minimum absolute atomic E-state index is 0.0413. The van der Waals surface area contributed by atoms with Crippen LogP contribution in [0.15, 0.2) is 42.7 Å². The van der Waals surface area contributed by atoms with Crippen LogP contribution in [0.3, 0.4) is 0 Å². The number of rotatable bonds is 11. The molecule has 0 saturated carbocycles. The molecule has 2 aromatic heterocycles. The number of epoxide rings is 1. The van der Waals surface area contributed by atoms with E-state index in [1.165, 1.54) is 20.3 Å². The molecule has 6 heterocycles. The molecule has 308 valence electrons.